The molecule has 0 N–H and O–H groups in total. The number of hydrogen-bond acceptors (Lipinski definition) is 3. The zero-order valence-electron chi connectivity index (χ0n) is 16.2. The number of furan rings is 2. The fraction of sp³-hybridized carbons (Fsp3) is 0. The molecule has 4 aromatic carbocycles. The number of rotatable bonds is 1. The van der Waals surface area contributed by atoms with E-state index in [0.717, 1.165) is 70.5 Å². The highest BCUT2D eigenvalue weighted by Crippen LogP contribution is 2.42. The van der Waals surface area contributed by atoms with E-state index in [9.17, 15) is 0 Å². The topological polar surface area (TPSA) is 39.2 Å². The van der Waals surface area contributed by atoms with E-state index in [1.165, 1.54) is 0 Å². The standard InChI is InChI=1S/C27H14BrNO2/c28-16-11-9-15(10-12-16)24-23-19-6-2-4-8-22(19)30-26(23)20-14-13-18-17-5-1-3-7-21(17)31-27(18)25(20)29-24/h1-14H. The van der Waals surface area contributed by atoms with E-state index in [2.05, 4.69) is 52.3 Å². The third-order valence-electron chi connectivity index (χ3n) is 5.94. The van der Waals surface area contributed by atoms with Crippen molar-refractivity contribution < 1.29 is 8.83 Å². The van der Waals surface area contributed by atoms with Gasteiger partial charge >= 0.3 is 0 Å². The average molecular weight is 464 g/mol. The van der Waals surface area contributed by atoms with Gasteiger partial charge in [0.25, 0.3) is 0 Å². The van der Waals surface area contributed by atoms with E-state index in [1.807, 2.05) is 48.5 Å². The Morgan fingerprint density at radius 2 is 1.23 bits per heavy atom. The average Bonchev–Trinajstić information content (AvgIpc) is 3.38. The molecule has 0 saturated heterocycles. The SMILES string of the molecule is Brc1ccc(-c2nc3c(ccc4c5ccccc5oc43)c3oc4ccccc4c23)cc1. The molecule has 0 bridgehead atoms. The molecule has 0 amide bonds. The van der Waals surface area contributed by atoms with Crippen molar-refractivity contribution in [3.63, 3.8) is 0 Å². The Balaban J connectivity index is 1.73. The van der Waals surface area contributed by atoms with Crippen molar-refractivity contribution in [2.24, 2.45) is 0 Å². The predicted octanol–water partition coefficient (Wildman–Crippen LogP) is 8.46. The van der Waals surface area contributed by atoms with Crippen LogP contribution in [0.4, 0.5) is 0 Å². The number of pyridine rings is 1. The Labute approximate surface area is 185 Å². The van der Waals surface area contributed by atoms with E-state index < -0.39 is 0 Å². The van der Waals surface area contributed by atoms with Gasteiger partial charge in [0.1, 0.15) is 22.3 Å². The van der Waals surface area contributed by atoms with Gasteiger partial charge in [-0.2, -0.15) is 0 Å². The molecule has 4 heteroatoms. The van der Waals surface area contributed by atoms with Crippen LogP contribution in [0.25, 0.3) is 66.0 Å². The van der Waals surface area contributed by atoms with Gasteiger partial charge in [0, 0.05) is 31.6 Å². The van der Waals surface area contributed by atoms with Crippen molar-refractivity contribution in [2.45, 2.75) is 0 Å². The van der Waals surface area contributed by atoms with Crippen LogP contribution in [0.1, 0.15) is 0 Å². The molecule has 31 heavy (non-hydrogen) atoms. The Morgan fingerprint density at radius 1 is 0.581 bits per heavy atom. The molecule has 3 nitrogen and oxygen atoms in total. The molecule has 7 aromatic rings. The van der Waals surface area contributed by atoms with E-state index in [0.29, 0.717) is 0 Å². The monoisotopic (exact) mass is 463 g/mol. The molecule has 7 rings (SSSR count). The maximum atomic E-state index is 6.38. The minimum absolute atomic E-state index is 0.791. The second-order valence-corrected chi connectivity index (χ2v) is 8.62. The summed E-state index contributed by atoms with van der Waals surface area (Å²) in [5.41, 5.74) is 6.10. The second-order valence-electron chi connectivity index (χ2n) is 7.71. The van der Waals surface area contributed by atoms with Gasteiger partial charge in [0.2, 0.25) is 0 Å². The molecule has 0 aliphatic carbocycles. The van der Waals surface area contributed by atoms with Crippen LogP contribution in [-0.2, 0) is 0 Å². The van der Waals surface area contributed by atoms with Gasteiger partial charge < -0.3 is 8.83 Å². The van der Waals surface area contributed by atoms with E-state index in [-0.39, 0.29) is 0 Å². The van der Waals surface area contributed by atoms with Crippen LogP contribution >= 0.6 is 15.9 Å². The summed E-state index contributed by atoms with van der Waals surface area (Å²) in [6.45, 7) is 0. The number of aromatic nitrogens is 1. The van der Waals surface area contributed by atoms with Crippen LogP contribution in [0.2, 0.25) is 0 Å². The highest BCUT2D eigenvalue weighted by molar-refractivity contribution is 9.10. The van der Waals surface area contributed by atoms with Crippen LogP contribution in [-0.4, -0.2) is 4.98 Å². The zero-order chi connectivity index (χ0) is 20.5. The first kappa shape index (κ1) is 17.1. The molecule has 0 aliphatic rings. The summed E-state index contributed by atoms with van der Waals surface area (Å²) in [5, 5.41) is 5.21. The molecule has 146 valence electrons. The number of fused-ring (bicyclic) bond motifs is 9. The number of para-hydroxylation sites is 2. The quantitative estimate of drug-likeness (QED) is 0.245. The summed E-state index contributed by atoms with van der Waals surface area (Å²) in [6.07, 6.45) is 0. The molecule has 0 aliphatic heterocycles. The van der Waals surface area contributed by atoms with Crippen molar-refractivity contribution in [1.82, 2.24) is 4.98 Å². The normalized spacial score (nSPS) is 12.0. The molecule has 0 radical (unpaired) electrons. The number of halogens is 1. The summed E-state index contributed by atoms with van der Waals surface area (Å²) in [6, 6.07) is 28.7. The highest BCUT2D eigenvalue weighted by Gasteiger charge is 2.20. The lowest BCUT2D eigenvalue weighted by Gasteiger charge is -2.07. The maximum Gasteiger partial charge on any atom is 0.161 e. The number of hydrogen-bond donors (Lipinski definition) is 0. The fourth-order valence-electron chi connectivity index (χ4n) is 4.52. The predicted molar refractivity (Wildman–Crippen MR) is 129 cm³/mol. The fourth-order valence-corrected chi connectivity index (χ4v) is 4.79. The van der Waals surface area contributed by atoms with Crippen molar-refractivity contribution in [3.8, 4) is 11.3 Å². The Hall–Kier alpha value is -3.63. The van der Waals surface area contributed by atoms with E-state index >= 15 is 0 Å². The largest absolute Gasteiger partial charge is 0.455 e. The van der Waals surface area contributed by atoms with E-state index in [4.69, 9.17) is 13.8 Å². The third-order valence-corrected chi connectivity index (χ3v) is 6.47. The molecule has 0 unspecified atom stereocenters. The molecular weight excluding hydrogens is 450 g/mol. The molecule has 0 atom stereocenters. The Morgan fingerprint density at radius 3 is 2.03 bits per heavy atom. The van der Waals surface area contributed by atoms with Crippen LogP contribution in [0.5, 0.6) is 0 Å². The summed E-state index contributed by atoms with van der Waals surface area (Å²) in [4.78, 5) is 5.18. The van der Waals surface area contributed by atoms with Gasteiger partial charge in [0.15, 0.2) is 5.58 Å². The van der Waals surface area contributed by atoms with Crippen LogP contribution < -0.4 is 0 Å². The summed E-state index contributed by atoms with van der Waals surface area (Å²) in [7, 11) is 0. The smallest absolute Gasteiger partial charge is 0.161 e. The second kappa shape index (κ2) is 6.19. The first-order valence-electron chi connectivity index (χ1n) is 10.1. The van der Waals surface area contributed by atoms with Gasteiger partial charge in [-0.3, -0.25) is 0 Å². The third kappa shape index (κ3) is 2.37. The zero-order valence-corrected chi connectivity index (χ0v) is 17.8. The molecule has 3 heterocycles. The molecule has 3 aromatic heterocycles. The summed E-state index contributed by atoms with van der Waals surface area (Å²) >= 11 is 3.54. The van der Waals surface area contributed by atoms with Gasteiger partial charge in [-0.25, -0.2) is 4.98 Å². The Kier molecular flexibility index (Phi) is 3.41. The van der Waals surface area contributed by atoms with Gasteiger partial charge in [-0.1, -0.05) is 64.5 Å². The molecular formula is C27H14BrNO2. The van der Waals surface area contributed by atoms with E-state index in [1.54, 1.807) is 0 Å². The van der Waals surface area contributed by atoms with Crippen LogP contribution in [0, 0.1) is 0 Å². The first-order valence-corrected chi connectivity index (χ1v) is 10.9. The maximum absolute atomic E-state index is 6.38. The van der Waals surface area contributed by atoms with Crippen LogP contribution in [0.15, 0.2) is 98.2 Å². The lowest BCUT2D eigenvalue weighted by molar-refractivity contribution is 0.668. The van der Waals surface area contributed by atoms with Gasteiger partial charge in [-0.15, -0.1) is 0 Å². The minimum atomic E-state index is 0.791. The van der Waals surface area contributed by atoms with Gasteiger partial charge in [0.05, 0.1) is 11.1 Å². The molecule has 0 saturated carbocycles. The lowest BCUT2D eigenvalue weighted by Crippen LogP contribution is -1.88. The number of benzene rings is 4. The lowest BCUT2D eigenvalue weighted by atomic mass is 10.0. The Bertz CT molecular complexity index is 1790. The number of nitrogens with zero attached hydrogens (tertiary/aromatic N) is 1. The van der Waals surface area contributed by atoms with Gasteiger partial charge in [-0.05, 0) is 36.4 Å². The molecule has 0 spiro atoms. The summed E-state index contributed by atoms with van der Waals surface area (Å²) < 4.78 is 13.7. The minimum Gasteiger partial charge on any atom is -0.455 e. The van der Waals surface area contributed by atoms with Crippen molar-refractivity contribution in [3.05, 3.63) is 89.4 Å². The highest BCUT2D eigenvalue weighted by atomic mass is 79.9. The molecule has 0 fully saturated rings. The first-order chi connectivity index (χ1) is 15.3. The van der Waals surface area contributed by atoms with Crippen LogP contribution in [0.3, 0.4) is 0 Å². The van der Waals surface area contributed by atoms with Crippen molar-refractivity contribution in [2.75, 3.05) is 0 Å². The van der Waals surface area contributed by atoms with Crippen molar-refractivity contribution >= 4 is 70.7 Å². The van der Waals surface area contributed by atoms with Crippen molar-refractivity contribution in [1.29, 1.82) is 0 Å². The summed E-state index contributed by atoms with van der Waals surface area (Å²) in [5.74, 6) is 0.